The van der Waals surface area contributed by atoms with E-state index < -0.39 is 5.78 Å². The highest BCUT2D eigenvalue weighted by molar-refractivity contribution is 8.77. The smallest absolute Gasteiger partial charge is 0.224 e. The molecule has 0 aromatic heterocycles. The highest BCUT2D eigenvalue weighted by atomic mass is 33.1. The molecular formula is C20H23NO5S2. The monoisotopic (exact) mass is 421 g/mol. The molecule has 1 aromatic carbocycles. The van der Waals surface area contributed by atoms with E-state index in [0.717, 1.165) is 19.3 Å². The minimum Gasteiger partial charge on any atom is -0.493 e. The van der Waals surface area contributed by atoms with Gasteiger partial charge >= 0.3 is 0 Å². The molecule has 2 aliphatic rings. The number of ketones is 2. The van der Waals surface area contributed by atoms with Gasteiger partial charge in [-0.1, -0.05) is 28.0 Å². The third-order valence-corrected chi connectivity index (χ3v) is 7.74. The number of hydrogen-bond donors (Lipinski definition) is 1. The molecule has 0 unspecified atom stereocenters. The van der Waals surface area contributed by atoms with E-state index >= 15 is 0 Å². The third-order valence-electron chi connectivity index (χ3n) is 4.74. The predicted octanol–water partition coefficient (Wildman–Crippen LogP) is 3.80. The molecule has 1 aliphatic carbocycles. The van der Waals surface area contributed by atoms with Crippen molar-refractivity contribution in [3.05, 3.63) is 35.0 Å². The fraction of sp³-hybridized carbons (Fsp3) is 0.450. The fourth-order valence-electron chi connectivity index (χ4n) is 3.22. The maximum Gasteiger partial charge on any atom is 0.224 e. The molecule has 0 spiro atoms. The standard InChI is InChI=1S/C20H23NO5S2/c1-25-17-9-13-14(10-18(17)26-2)20(24)15(11-16(13)22)21-19(23)6-4-3-5-12-7-8-27-28-12/h9-12H,3-8H2,1-2H3,(H,21,23)/t12-/m1/s1. The molecule has 0 radical (unpaired) electrons. The molecule has 1 heterocycles. The van der Waals surface area contributed by atoms with Gasteiger partial charge in [-0.2, -0.15) is 0 Å². The van der Waals surface area contributed by atoms with Crippen LogP contribution < -0.4 is 14.8 Å². The number of allylic oxidation sites excluding steroid dienone is 2. The van der Waals surface area contributed by atoms with Crippen LogP contribution >= 0.6 is 21.6 Å². The molecule has 1 N–H and O–H groups in total. The molecule has 1 aromatic rings. The molecule has 1 atom stereocenters. The van der Waals surface area contributed by atoms with Crippen LogP contribution in [0.25, 0.3) is 0 Å². The van der Waals surface area contributed by atoms with E-state index in [1.54, 1.807) is 0 Å². The zero-order valence-electron chi connectivity index (χ0n) is 15.9. The first-order valence-corrected chi connectivity index (χ1v) is 11.6. The lowest BCUT2D eigenvalue weighted by Gasteiger charge is -2.18. The summed E-state index contributed by atoms with van der Waals surface area (Å²) >= 11 is 0. The lowest BCUT2D eigenvalue weighted by Crippen LogP contribution is -2.31. The number of hydrogen-bond acceptors (Lipinski definition) is 7. The van der Waals surface area contributed by atoms with E-state index in [1.807, 2.05) is 21.6 Å². The number of ether oxygens (including phenoxy) is 2. The molecule has 1 aliphatic heterocycles. The summed E-state index contributed by atoms with van der Waals surface area (Å²) in [6, 6.07) is 2.97. The van der Waals surface area contributed by atoms with E-state index in [-0.39, 0.29) is 28.5 Å². The molecule has 0 saturated carbocycles. The lowest BCUT2D eigenvalue weighted by molar-refractivity contribution is -0.120. The second-order valence-electron chi connectivity index (χ2n) is 6.63. The molecule has 28 heavy (non-hydrogen) atoms. The number of carbonyl (C=O) groups is 3. The van der Waals surface area contributed by atoms with Crippen LogP contribution in [0.15, 0.2) is 23.9 Å². The minimum atomic E-state index is -0.400. The quantitative estimate of drug-likeness (QED) is 0.505. The highest BCUT2D eigenvalue weighted by Crippen LogP contribution is 2.40. The first-order valence-electron chi connectivity index (χ1n) is 9.18. The highest BCUT2D eigenvalue weighted by Gasteiger charge is 2.29. The van der Waals surface area contributed by atoms with Gasteiger partial charge in [0.2, 0.25) is 11.7 Å². The molecule has 6 nitrogen and oxygen atoms in total. The summed E-state index contributed by atoms with van der Waals surface area (Å²) in [4.78, 5) is 37.4. The van der Waals surface area contributed by atoms with Gasteiger partial charge in [0.15, 0.2) is 17.3 Å². The average molecular weight is 422 g/mol. The third kappa shape index (κ3) is 4.72. The van der Waals surface area contributed by atoms with Gasteiger partial charge in [0.05, 0.1) is 19.9 Å². The Morgan fingerprint density at radius 3 is 2.50 bits per heavy atom. The summed E-state index contributed by atoms with van der Waals surface area (Å²) < 4.78 is 10.4. The van der Waals surface area contributed by atoms with Crippen LogP contribution in [0.1, 0.15) is 52.8 Å². The van der Waals surface area contributed by atoms with Crippen LogP contribution in [0.2, 0.25) is 0 Å². The Balaban J connectivity index is 1.60. The second kappa shape index (κ2) is 9.52. The van der Waals surface area contributed by atoms with Gasteiger partial charge in [-0.3, -0.25) is 14.4 Å². The van der Waals surface area contributed by atoms with Crippen LogP contribution in [-0.2, 0) is 4.79 Å². The van der Waals surface area contributed by atoms with Crippen molar-refractivity contribution >= 4 is 39.1 Å². The SMILES string of the molecule is COc1cc2c(cc1OC)C(=O)C(NC(=O)CCCC[C@@H]1CCSS1)=CC2=O. The number of benzene rings is 1. The minimum absolute atomic E-state index is 0.0115. The predicted molar refractivity (Wildman–Crippen MR) is 111 cm³/mol. The van der Waals surface area contributed by atoms with Crippen molar-refractivity contribution < 1.29 is 23.9 Å². The summed E-state index contributed by atoms with van der Waals surface area (Å²) in [5.41, 5.74) is 0.459. The van der Waals surface area contributed by atoms with Crippen LogP contribution in [0, 0.1) is 0 Å². The van der Waals surface area contributed by atoms with Crippen LogP contribution in [-0.4, -0.2) is 42.7 Å². The van der Waals surface area contributed by atoms with Gasteiger partial charge in [-0.05, 0) is 31.4 Å². The van der Waals surface area contributed by atoms with E-state index in [2.05, 4.69) is 5.32 Å². The number of fused-ring (bicyclic) bond motifs is 1. The number of rotatable bonds is 8. The molecule has 1 saturated heterocycles. The van der Waals surface area contributed by atoms with Crippen molar-refractivity contribution in [1.82, 2.24) is 5.32 Å². The van der Waals surface area contributed by atoms with E-state index in [4.69, 9.17) is 9.47 Å². The zero-order valence-corrected chi connectivity index (χ0v) is 17.5. The number of methoxy groups -OCH3 is 2. The Morgan fingerprint density at radius 2 is 1.86 bits per heavy atom. The molecule has 1 fully saturated rings. The number of amides is 1. The Hall–Kier alpha value is -1.93. The van der Waals surface area contributed by atoms with Crippen LogP contribution in [0.3, 0.4) is 0 Å². The normalized spacial score (nSPS) is 18.5. The Morgan fingerprint density at radius 1 is 1.14 bits per heavy atom. The maximum atomic E-state index is 12.7. The fourth-order valence-corrected chi connectivity index (χ4v) is 6.25. The van der Waals surface area contributed by atoms with E-state index in [1.165, 1.54) is 44.6 Å². The van der Waals surface area contributed by atoms with E-state index in [9.17, 15) is 14.4 Å². The first-order chi connectivity index (χ1) is 13.5. The van der Waals surface area contributed by atoms with Gasteiger partial charge in [-0.15, -0.1) is 0 Å². The molecule has 150 valence electrons. The summed E-state index contributed by atoms with van der Waals surface area (Å²) in [6.45, 7) is 0. The average Bonchev–Trinajstić information content (AvgIpc) is 3.21. The van der Waals surface area contributed by atoms with Gasteiger partial charge in [-0.25, -0.2) is 0 Å². The number of Topliss-reactive ketones (excluding diaryl/α,β-unsaturated/α-hetero) is 1. The summed E-state index contributed by atoms with van der Waals surface area (Å²) in [5.74, 6) is 0.952. The van der Waals surface area contributed by atoms with Crippen LogP contribution in [0.5, 0.6) is 11.5 Å². The van der Waals surface area contributed by atoms with Crippen LogP contribution in [0.4, 0.5) is 0 Å². The molecule has 0 bridgehead atoms. The number of unbranched alkanes of at least 4 members (excludes halogenated alkanes) is 1. The van der Waals surface area contributed by atoms with Crippen molar-refractivity contribution in [2.75, 3.05) is 20.0 Å². The van der Waals surface area contributed by atoms with Gasteiger partial charge < -0.3 is 14.8 Å². The number of carbonyl (C=O) groups excluding carboxylic acids is 3. The van der Waals surface area contributed by atoms with E-state index in [0.29, 0.717) is 23.2 Å². The molecular weight excluding hydrogens is 398 g/mol. The van der Waals surface area contributed by atoms with Crippen molar-refractivity contribution in [2.45, 2.75) is 37.4 Å². The first kappa shape index (κ1) is 20.8. The zero-order chi connectivity index (χ0) is 20.1. The molecule has 8 heteroatoms. The Kier molecular flexibility index (Phi) is 7.07. The largest absolute Gasteiger partial charge is 0.493 e. The summed E-state index contributed by atoms with van der Waals surface area (Å²) in [6.07, 6.45) is 5.61. The number of nitrogens with one attached hydrogen (secondary N) is 1. The summed E-state index contributed by atoms with van der Waals surface area (Å²) in [7, 11) is 6.77. The van der Waals surface area contributed by atoms with Crippen molar-refractivity contribution in [1.29, 1.82) is 0 Å². The second-order valence-corrected chi connectivity index (χ2v) is 9.41. The van der Waals surface area contributed by atoms with Gasteiger partial charge in [0, 0.05) is 34.6 Å². The van der Waals surface area contributed by atoms with Crippen molar-refractivity contribution in [3.8, 4) is 11.5 Å². The van der Waals surface area contributed by atoms with Crippen molar-refractivity contribution in [2.24, 2.45) is 0 Å². The Labute approximate surface area is 172 Å². The Bertz CT molecular complexity index is 815. The molecule has 3 rings (SSSR count). The lowest BCUT2D eigenvalue weighted by atomic mass is 9.92. The topological polar surface area (TPSA) is 81.7 Å². The van der Waals surface area contributed by atoms with Gasteiger partial charge in [0.1, 0.15) is 0 Å². The van der Waals surface area contributed by atoms with Crippen molar-refractivity contribution in [3.63, 3.8) is 0 Å². The maximum absolute atomic E-state index is 12.7. The van der Waals surface area contributed by atoms with Gasteiger partial charge in [0.25, 0.3) is 0 Å². The molecule has 1 amide bonds. The summed E-state index contributed by atoms with van der Waals surface area (Å²) in [5, 5.41) is 3.30.